The number of H-pyrrole nitrogens is 1. The lowest BCUT2D eigenvalue weighted by Gasteiger charge is -2.02. The van der Waals surface area contributed by atoms with Gasteiger partial charge in [-0.2, -0.15) is 5.10 Å². The minimum Gasteiger partial charge on any atom is -0.462 e. The minimum absolute atomic E-state index is 0.270. The molecule has 1 heterocycles. The number of hydrogen-bond donors (Lipinski definition) is 1. The highest BCUT2D eigenvalue weighted by atomic mass is 16.5. The van der Waals surface area contributed by atoms with Crippen LogP contribution in [-0.2, 0) is 4.74 Å². The van der Waals surface area contributed by atoms with Crippen molar-refractivity contribution < 1.29 is 9.53 Å². The van der Waals surface area contributed by atoms with Gasteiger partial charge >= 0.3 is 5.97 Å². The SMILES string of the molecule is CCOC(=O)c1ccc2c(=O)[nH]ncc2c1. The average molecular weight is 218 g/mol. The van der Waals surface area contributed by atoms with Crippen molar-refractivity contribution in [2.75, 3.05) is 6.61 Å². The van der Waals surface area contributed by atoms with Gasteiger partial charge in [-0.3, -0.25) is 4.79 Å². The number of nitrogens with zero attached hydrogens (tertiary/aromatic N) is 1. The summed E-state index contributed by atoms with van der Waals surface area (Å²) < 4.78 is 4.86. The Morgan fingerprint density at radius 1 is 1.50 bits per heavy atom. The molecule has 0 saturated heterocycles. The zero-order valence-electron chi connectivity index (χ0n) is 8.69. The molecule has 1 aromatic heterocycles. The van der Waals surface area contributed by atoms with Crippen LogP contribution < -0.4 is 5.56 Å². The normalized spacial score (nSPS) is 10.3. The monoisotopic (exact) mass is 218 g/mol. The van der Waals surface area contributed by atoms with Crippen LogP contribution in [0.5, 0.6) is 0 Å². The van der Waals surface area contributed by atoms with E-state index in [9.17, 15) is 9.59 Å². The predicted octanol–water partition coefficient (Wildman–Crippen LogP) is 1.10. The summed E-state index contributed by atoms with van der Waals surface area (Å²) in [6.07, 6.45) is 1.50. The van der Waals surface area contributed by atoms with E-state index in [4.69, 9.17) is 4.74 Å². The van der Waals surface area contributed by atoms with Crippen LogP contribution in [0.3, 0.4) is 0 Å². The highest BCUT2D eigenvalue weighted by molar-refractivity contribution is 5.94. The van der Waals surface area contributed by atoms with Crippen LogP contribution >= 0.6 is 0 Å². The Hall–Kier alpha value is -2.17. The van der Waals surface area contributed by atoms with E-state index in [0.717, 1.165) is 0 Å². The number of ether oxygens (including phenoxy) is 1. The van der Waals surface area contributed by atoms with Gasteiger partial charge in [0.1, 0.15) is 0 Å². The van der Waals surface area contributed by atoms with E-state index >= 15 is 0 Å². The molecule has 0 aliphatic rings. The standard InChI is InChI=1S/C11H10N2O3/c1-2-16-11(15)7-3-4-9-8(5-7)6-12-13-10(9)14/h3-6H,2H2,1H3,(H,13,14). The van der Waals surface area contributed by atoms with Crippen molar-refractivity contribution in [2.24, 2.45) is 0 Å². The first-order valence-corrected chi connectivity index (χ1v) is 4.87. The lowest BCUT2D eigenvalue weighted by atomic mass is 10.1. The Balaban J connectivity index is 2.53. The fraction of sp³-hybridized carbons (Fsp3) is 0.182. The molecule has 1 N–H and O–H groups in total. The van der Waals surface area contributed by atoms with Crippen LogP contribution in [0.15, 0.2) is 29.2 Å². The summed E-state index contributed by atoms with van der Waals surface area (Å²) in [4.78, 5) is 22.8. The summed E-state index contributed by atoms with van der Waals surface area (Å²) in [5, 5.41) is 7.12. The number of aromatic nitrogens is 2. The van der Waals surface area contributed by atoms with Crippen LogP contribution in [0.2, 0.25) is 0 Å². The van der Waals surface area contributed by atoms with Crippen LogP contribution in [0.4, 0.5) is 0 Å². The molecule has 0 fully saturated rings. The minimum atomic E-state index is -0.398. The molecule has 1 aromatic carbocycles. The third-order valence-corrected chi connectivity index (χ3v) is 2.18. The molecule has 5 nitrogen and oxygen atoms in total. The summed E-state index contributed by atoms with van der Waals surface area (Å²) in [6, 6.07) is 4.74. The smallest absolute Gasteiger partial charge is 0.338 e. The molecule has 0 unspecified atom stereocenters. The molecular formula is C11H10N2O3. The predicted molar refractivity (Wildman–Crippen MR) is 58.3 cm³/mol. The number of fused-ring (bicyclic) bond motifs is 1. The van der Waals surface area contributed by atoms with Gasteiger partial charge in [0.05, 0.1) is 23.8 Å². The Kier molecular flexibility index (Phi) is 2.68. The molecule has 2 aromatic rings. The molecule has 16 heavy (non-hydrogen) atoms. The molecule has 0 amide bonds. The largest absolute Gasteiger partial charge is 0.462 e. The van der Waals surface area contributed by atoms with Gasteiger partial charge in [-0.25, -0.2) is 9.89 Å². The molecule has 2 rings (SSSR count). The number of benzene rings is 1. The van der Waals surface area contributed by atoms with Crippen molar-refractivity contribution >= 4 is 16.7 Å². The van der Waals surface area contributed by atoms with Gasteiger partial charge in [-0.05, 0) is 25.1 Å². The lowest BCUT2D eigenvalue weighted by Crippen LogP contribution is -2.09. The van der Waals surface area contributed by atoms with Gasteiger partial charge in [0, 0.05) is 5.39 Å². The molecule has 0 radical (unpaired) electrons. The van der Waals surface area contributed by atoms with E-state index in [2.05, 4.69) is 10.2 Å². The Morgan fingerprint density at radius 3 is 3.06 bits per heavy atom. The molecule has 0 saturated carbocycles. The van der Waals surface area contributed by atoms with E-state index in [1.165, 1.54) is 6.20 Å². The van der Waals surface area contributed by atoms with Gasteiger partial charge in [0.15, 0.2) is 0 Å². The molecule has 0 aliphatic carbocycles. The molecule has 0 bridgehead atoms. The van der Waals surface area contributed by atoms with Crippen molar-refractivity contribution in [2.45, 2.75) is 6.92 Å². The Labute approximate surface area is 91.1 Å². The van der Waals surface area contributed by atoms with E-state index < -0.39 is 5.97 Å². The van der Waals surface area contributed by atoms with Gasteiger partial charge in [0.2, 0.25) is 0 Å². The Bertz CT molecular complexity index is 589. The molecule has 82 valence electrons. The molecular weight excluding hydrogens is 208 g/mol. The maximum atomic E-state index is 11.4. The van der Waals surface area contributed by atoms with Crippen LogP contribution in [0.1, 0.15) is 17.3 Å². The summed E-state index contributed by atoms with van der Waals surface area (Å²) in [7, 11) is 0. The van der Waals surface area contributed by atoms with E-state index in [1.54, 1.807) is 25.1 Å². The first kappa shape index (κ1) is 10.4. The fourth-order valence-corrected chi connectivity index (χ4v) is 1.44. The van der Waals surface area contributed by atoms with E-state index in [0.29, 0.717) is 22.9 Å². The average Bonchev–Trinajstić information content (AvgIpc) is 2.29. The van der Waals surface area contributed by atoms with Crippen LogP contribution in [-0.4, -0.2) is 22.8 Å². The number of nitrogens with one attached hydrogen (secondary N) is 1. The lowest BCUT2D eigenvalue weighted by molar-refractivity contribution is 0.0526. The van der Waals surface area contributed by atoms with E-state index in [1.807, 2.05) is 0 Å². The summed E-state index contributed by atoms with van der Waals surface area (Å²) in [5.41, 5.74) is 0.148. The first-order valence-electron chi connectivity index (χ1n) is 4.87. The second-order valence-electron chi connectivity index (χ2n) is 3.22. The molecule has 0 spiro atoms. The van der Waals surface area contributed by atoms with Gasteiger partial charge in [-0.1, -0.05) is 0 Å². The number of carbonyl (C=O) groups is 1. The quantitative estimate of drug-likeness (QED) is 0.766. The maximum Gasteiger partial charge on any atom is 0.338 e. The number of rotatable bonds is 2. The number of esters is 1. The third kappa shape index (κ3) is 1.79. The van der Waals surface area contributed by atoms with Crippen molar-refractivity contribution in [3.05, 3.63) is 40.3 Å². The number of aromatic amines is 1. The zero-order chi connectivity index (χ0) is 11.5. The summed E-state index contributed by atoms with van der Waals surface area (Å²) >= 11 is 0. The second kappa shape index (κ2) is 4.14. The van der Waals surface area contributed by atoms with Crippen LogP contribution in [0.25, 0.3) is 10.8 Å². The molecule has 0 aliphatic heterocycles. The highest BCUT2D eigenvalue weighted by Gasteiger charge is 2.07. The van der Waals surface area contributed by atoms with E-state index in [-0.39, 0.29) is 5.56 Å². The number of hydrogen-bond acceptors (Lipinski definition) is 4. The second-order valence-corrected chi connectivity index (χ2v) is 3.22. The fourth-order valence-electron chi connectivity index (χ4n) is 1.44. The van der Waals surface area contributed by atoms with Gasteiger partial charge in [-0.15, -0.1) is 0 Å². The molecule has 0 atom stereocenters. The third-order valence-electron chi connectivity index (χ3n) is 2.18. The Morgan fingerprint density at radius 2 is 2.31 bits per heavy atom. The van der Waals surface area contributed by atoms with Crippen molar-refractivity contribution in [1.29, 1.82) is 0 Å². The maximum absolute atomic E-state index is 11.4. The number of carbonyl (C=O) groups excluding carboxylic acids is 1. The van der Waals surface area contributed by atoms with Crippen LogP contribution in [0, 0.1) is 0 Å². The van der Waals surface area contributed by atoms with Gasteiger partial charge in [0.25, 0.3) is 5.56 Å². The van der Waals surface area contributed by atoms with Crippen molar-refractivity contribution in [1.82, 2.24) is 10.2 Å². The topological polar surface area (TPSA) is 72.1 Å². The first-order chi connectivity index (χ1) is 7.72. The van der Waals surface area contributed by atoms with Crippen molar-refractivity contribution in [3.63, 3.8) is 0 Å². The summed E-state index contributed by atoms with van der Waals surface area (Å²) in [5.74, 6) is -0.398. The summed E-state index contributed by atoms with van der Waals surface area (Å²) in [6.45, 7) is 2.07. The highest BCUT2D eigenvalue weighted by Crippen LogP contribution is 2.11. The molecule has 5 heteroatoms. The zero-order valence-corrected chi connectivity index (χ0v) is 8.69. The van der Waals surface area contributed by atoms with Crippen molar-refractivity contribution in [3.8, 4) is 0 Å². The van der Waals surface area contributed by atoms with Gasteiger partial charge < -0.3 is 4.74 Å².